The summed E-state index contributed by atoms with van der Waals surface area (Å²) < 4.78 is 5.78. The smallest absolute Gasteiger partial charge is 0.125 e. The molecule has 0 aromatic heterocycles. The molecule has 3 nitrogen and oxygen atoms in total. The highest BCUT2D eigenvalue weighted by Gasteiger charge is 2.14. The minimum atomic E-state index is 0.553. The SMILES string of the molecule is CCCOc1cc(Cl)c(Cl)cc1CN1CCNCC1. The number of benzene rings is 1. The number of rotatable bonds is 5. The van der Waals surface area contributed by atoms with Crippen molar-refractivity contribution in [3.05, 3.63) is 27.7 Å². The van der Waals surface area contributed by atoms with Crippen LogP contribution in [0.4, 0.5) is 0 Å². The topological polar surface area (TPSA) is 24.5 Å². The standard InChI is InChI=1S/C14H20Cl2N2O/c1-2-7-19-14-9-13(16)12(15)8-11(14)10-18-5-3-17-4-6-18/h8-9,17H,2-7,10H2,1H3. The van der Waals surface area contributed by atoms with Crippen LogP contribution in [-0.4, -0.2) is 37.7 Å². The van der Waals surface area contributed by atoms with E-state index in [-0.39, 0.29) is 0 Å². The highest BCUT2D eigenvalue weighted by Crippen LogP contribution is 2.31. The van der Waals surface area contributed by atoms with Gasteiger partial charge in [-0.05, 0) is 12.5 Å². The first kappa shape index (κ1) is 14.9. The molecule has 0 saturated carbocycles. The largest absolute Gasteiger partial charge is 0.493 e. The molecule has 2 rings (SSSR count). The third-order valence-corrected chi connectivity index (χ3v) is 3.89. The van der Waals surface area contributed by atoms with Crippen molar-refractivity contribution in [3.63, 3.8) is 0 Å². The first-order valence-electron chi connectivity index (χ1n) is 6.74. The van der Waals surface area contributed by atoms with Gasteiger partial charge in [-0.3, -0.25) is 4.90 Å². The molecule has 0 radical (unpaired) electrons. The van der Waals surface area contributed by atoms with Crippen molar-refractivity contribution in [2.75, 3.05) is 32.8 Å². The van der Waals surface area contributed by atoms with Crippen molar-refractivity contribution in [1.29, 1.82) is 0 Å². The molecule has 1 N–H and O–H groups in total. The lowest BCUT2D eigenvalue weighted by atomic mass is 10.1. The first-order chi connectivity index (χ1) is 9.20. The molecule has 0 bridgehead atoms. The lowest BCUT2D eigenvalue weighted by molar-refractivity contribution is 0.227. The molecule has 1 aliphatic rings. The Labute approximate surface area is 124 Å². The maximum Gasteiger partial charge on any atom is 0.125 e. The molecule has 1 fully saturated rings. The fourth-order valence-electron chi connectivity index (χ4n) is 2.15. The zero-order valence-corrected chi connectivity index (χ0v) is 12.7. The van der Waals surface area contributed by atoms with Crippen LogP contribution in [-0.2, 0) is 6.54 Å². The Morgan fingerprint density at radius 3 is 2.58 bits per heavy atom. The fraction of sp³-hybridized carbons (Fsp3) is 0.571. The summed E-state index contributed by atoms with van der Waals surface area (Å²) >= 11 is 12.2. The van der Waals surface area contributed by atoms with E-state index in [0.717, 1.165) is 50.5 Å². The van der Waals surface area contributed by atoms with E-state index in [0.29, 0.717) is 16.7 Å². The second kappa shape index (κ2) is 7.34. The summed E-state index contributed by atoms with van der Waals surface area (Å²) in [6, 6.07) is 3.76. The van der Waals surface area contributed by atoms with E-state index in [4.69, 9.17) is 27.9 Å². The van der Waals surface area contributed by atoms with Crippen LogP contribution < -0.4 is 10.1 Å². The predicted octanol–water partition coefficient (Wildman–Crippen LogP) is 3.19. The van der Waals surface area contributed by atoms with Gasteiger partial charge >= 0.3 is 0 Å². The van der Waals surface area contributed by atoms with Crippen LogP contribution in [0.3, 0.4) is 0 Å². The van der Waals surface area contributed by atoms with E-state index in [1.807, 2.05) is 12.1 Å². The minimum absolute atomic E-state index is 0.553. The van der Waals surface area contributed by atoms with Gasteiger partial charge in [0.1, 0.15) is 5.75 Å². The molecule has 19 heavy (non-hydrogen) atoms. The number of ether oxygens (including phenoxy) is 1. The van der Waals surface area contributed by atoms with Gasteiger partial charge in [0.05, 0.1) is 16.7 Å². The third kappa shape index (κ3) is 4.25. The van der Waals surface area contributed by atoms with E-state index in [1.54, 1.807) is 0 Å². The number of nitrogens with zero attached hydrogens (tertiary/aromatic N) is 1. The molecule has 1 aromatic rings. The van der Waals surface area contributed by atoms with Crippen molar-refractivity contribution in [3.8, 4) is 5.75 Å². The molecule has 0 amide bonds. The number of halogens is 2. The summed E-state index contributed by atoms with van der Waals surface area (Å²) in [6.07, 6.45) is 0.979. The zero-order chi connectivity index (χ0) is 13.7. The highest BCUT2D eigenvalue weighted by molar-refractivity contribution is 6.42. The van der Waals surface area contributed by atoms with Crippen molar-refractivity contribution in [1.82, 2.24) is 10.2 Å². The fourth-order valence-corrected chi connectivity index (χ4v) is 2.49. The molecule has 0 unspecified atom stereocenters. The molecule has 5 heteroatoms. The maximum atomic E-state index is 6.12. The monoisotopic (exact) mass is 302 g/mol. The Bertz CT molecular complexity index is 420. The van der Waals surface area contributed by atoms with Gasteiger partial charge in [0.15, 0.2) is 0 Å². The van der Waals surface area contributed by atoms with Gasteiger partial charge in [0.25, 0.3) is 0 Å². The number of hydrogen-bond acceptors (Lipinski definition) is 3. The van der Waals surface area contributed by atoms with Crippen LogP contribution in [0, 0.1) is 0 Å². The molecule has 1 aromatic carbocycles. The Morgan fingerprint density at radius 1 is 1.21 bits per heavy atom. The quantitative estimate of drug-likeness (QED) is 0.904. The van der Waals surface area contributed by atoms with Crippen LogP contribution >= 0.6 is 23.2 Å². The molecule has 106 valence electrons. The average molecular weight is 303 g/mol. The second-order valence-corrected chi connectivity index (χ2v) is 5.56. The van der Waals surface area contributed by atoms with Crippen molar-refractivity contribution in [2.24, 2.45) is 0 Å². The van der Waals surface area contributed by atoms with Gasteiger partial charge in [0, 0.05) is 44.4 Å². The van der Waals surface area contributed by atoms with E-state index < -0.39 is 0 Å². The number of hydrogen-bond donors (Lipinski definition) is 1. The van der Waals surface area contributed by atoms with Crippen LogP contribution in [0.5, 0.6) is 5.75 Å². The molecule has 0 spiro atoms. The van der Waals surface area contributed by atoms with Crippen LogP contribution in [0.1, 0.15) is 18.9 Å². The number of piperazine rings is 1. The zero-order valence-electron chi connectivity index (χ0n) is 11.2. The second-order valence-electron chi connectivity index (χ2n) is 4.75. The van der Waals surface area contributed by atoms with Gasteiger partial charge in [-0.2, -0.15) is 0 Å². The minimum Gasteiger partial charge on any atom is -0.493 e. The summed E-state index contributed by atoms with van der Waals surface area (Å²) in [6.45, 7) is 7.82. The van der Waals surface area contributed by atoms with Crippen molar-refractivity contribution >= 4 is 23.2 Å². The number of nitrogens with one attached hydrogen (secondary N) is 1. The van der Waals surface area contributed by atoms with E-state index in [9.17, 15) is 0 Å². The predicted molar refractivity (Wildman–Crippen MR) is 80.4 cm³/mol. The summed E-state index contributed by atoms with van der Waals surface area (Å²) in [5, 5.41) is 4.50. The van der Waals surface area contributed by atoms with Gasteiger partial charge in [-0.1, -0.05) is 30.1 Å². The van der Waals surface area contributed by atoms with Crippen molar-refractivity contribution in [2.45, 2.75) is 19.9 Å². The van der Waals surface area contributed by atoms with Crippen LogP contribution in [0.2, 0.25) is 10.0 Å². The van der Waals surface area contributed by atoms with Gasteiger partial charge < -0.3 is 10.1 Å². The lowest BCUT2D eigenvalue weighted by Gasteiger charge is -2.28. The molecular weight excluding hydrogens is 283 g/mol. The molecule has 1 aliphatic heterocycles. The summed E-state index contributed by atoms with van der Waals surface area (Å²) in [5.74, 6) is 0.856. The van der Waals surface area contributed by atoms with E-state index >= 15 is 0 Å². The first-order valence-corrected chi connectivity index (χ1v) is 7.50. The van der Waals surface area contributed by atoms with E-state index in [2.05, 4.69) is 17.1 Å². The molecule has 0 aliphatic carbocycles. The molecule has 0 atom stereocenters. The normalized spacial score (nSPS) is 16.6. The Balaban J connectivity index is 2.13. The molecule has 1 heterocycles. The van der Waals surface area contributed by atoms with E-state index in [1.165, 1.54) is 0 Å². The molecular formula is C14H20Cl2N2O. The van der Waals surface area contributed by atoms with Gasteiger partial charge in [-0.15, -0.1) is 0 Å². The van der Waals surface area contributed by atoms with Crippen LogP contribution in [0.15, 0.2) is 12.1 Å². The summed E-state index contributed by atoms with van der Waals surface area (Å²) in [5.41, 5.74) is 1.12. The maximum absolute atomic E-state index is 6.12. The van der Waals surface area contributed by atoms with Crippen molar-refractivity contribution < 1.29 is 4.74 Å². The molecule has 1 saturated heterocycles. The third-order valence-electron chi connectivity index (χ3n) is 3.17. The Morgan fingerprint density at radius 2 is 1.89 bits per heavy atom. The van der Waals surface area contributed by atoms with Gasteiger partial charge in [-0.25, -0.2) is 0 Å². The highest BCUT2D eigenvalue weighted by atomic mass is 35.5. The average Bonchev–Trinajstić information content (AvgIpc) is 2.42. The van der Waals surface area contributed by atoms with Crippen LogP contribution in [0.25, 0.3) is 0 Å². The summed E-state index contributed by atoms with van der Waals surface area (Å²) in [7, 11) is 0. The Kier molecular flexibility index (Phi) is 5.76. The lowest BCUT2D eigenvalue weighted by Crippen LogP contribution is -2.42. The summed E-state index contributed by atoms with van der Waals surface area (Å²) in [4.78, 5) is 2.40. The Hall–Kier alpha value is -0.480. The van der Waals surface area contributed by atoms with Gasteiger partial charge in [0.2, 0.25) is 0 Å².